The molecule has 1 N–H and O–H groups in total. The van der Waals surface area contributed by atoms with Crippen molar-refractivity contribution in [2.24, 2.45) is 0 Å². The van der Waals surface area contributed by atoms with E-state index in [1.165, 1.54) is 11.1 Å². The highest BCUT2D eigenvalue weighted by atomic mass is 14.9. The molecule has 0 atom stereocenters. The van der Waals surface area contributed by atoms with Crippen LogP contribution in [0.15, 0.2) is 47.8 Å². The highest BCUT2D eigenvalue weighted by Gasteiger charge is 2.08. The number of aromatic nitrogens is 4. The monoisotopic (exact) mass is 306 g/mol. The van der Waals surface area contributed by atoms with E-state index in [4.69, 9.17) is 4.98 Å². The maximum Gasteiger partial charge on any atom is 0.159 e. The topological polar surface area (TPSA) is 54.5 Å². The first-order chi connectivity index (χ1) is 11.2. The third-order valence-corrected chi connectivity index (χ3v) is 4.30. The van der Waals surface area contributed by atoms with Crippen molar-refractivity contribution in [3.8, 4) is 11.4 Å². The first-order valence-corrected chi connectivity index (χ1v) is 8.14. The molecule has 0 aliphatic heterocycles. The summed E-state index contributed by atoms with van der Waals surface area (Å²) in [5, 5.41) is 0. The molecule has 2 heterocycles. The molecule has 3 rings (SSSR count). The van der Waals surface area contributed by atoms with Crippen molar-refractivity contribution in [2.45, 2.75) is 40.0 Å². The van der Waals surface area contributed by atoms with Crippen molar-refractivity contribution in [3.63, 3.8) is 0 Å². The minimum atomic E-state index is 0.738. The number of allylic oxidation sites excluding steroid dienone is 2. The lowest BCUT2D eigenvalue weighted by atomic mass is 10.0. The van der Waals surface area contributed by atoms with Gasteiger partial charge in [0.25, 0.3) is 0 Å². The van der Waals surface area contributed by atoms with Gasteiger partial charge in [0.15, 0.2) is 5.82 Å². The summed E-state index contributed by atoms with van der Waals surface area (Å²) in [6, 6.07) is 7.95. The van der Waals surface area contributed by atoms with Crippen LogP contribution in [-0.4, -0.2) is 19.9 Å². The molecule has 0 aliphatic rings. The smallest absolute Gasteiger partial charge is 0.159 e. The second kappa shape index (κ2) is 6.73. The lowest BCUT2D eigenvalue weighted by Gasteiger charge is -2.06. The maximum atomic E-state index is 4.72. The average molecular weight is 306 g/mol. The van der Waals surface area contributed by atoms with Crippen LogP contribution in [0.2, 0.25) is 0 Å². The zero-order chi connectivity index (χ0) is 16.2. The van der Waals surface area contributed by atoms with Crippen LogP contribution in [-0.2, 0) is 6.42 Å². The minimum absolute atomic E-state index is 0.738. The van der Waals surface area contributed by atoms with Crippen LogP contribution in [0.4, 0.5) is 0 Å². The number of imidazole rings is 1. The molecule has 0 aliphatic carbocycles. The highest BCUT2D eigenvalue weighted by molar-refractivity contribution is 5.80. The zero-order valence-electron chi connectivity index (χ0n) is 13.9. The third-order valence-electron chi connectivity index (χ3n) is 4.30. The summed E-state index contributed by atoms with van der Waals surface area (Å²) in [5.41, 5.74) is 5.97. The van der Waals surface area contributed by atoms with Gasteiger partial charge in [-0.05, 0) is 44.0 Å². The standard InChI is InChI=1S/C19H22N4/c1-4-13(3)14(5-2)12-18-22-16-8-7-15(11-17(16)23-18)19-20-9-6-10-21-19/h6-11H,4-5,12H2,1-3H3,(H,22,23). The molecule has 0 saturated carbocycles. The van der Waals surface area contributed by atoms with E-state index in [1.54, 1.807) is 12.4 Å². The van der Waals surface area contributed by atoms with Gasteiger partial charge in [-0.25, -0.2) is 15.0 Å². The van der Waals surface area contributed by atoms with Crippen LogP contribution >= 0.6 is 0 Å². The predicted molar refractivity (Wildman–Crippen MR) is 94.1 cm³/mol. The Morgan fingerprint density at radius 3 is 2.57 bits per heavy atom. The molecular formula is C19H22N4. The van der Waals surface area contributed by atoms with Crippen LogP contribution in [0.3, 0.4) is 0 Å². The molecule has 0 spiro atoms. The SMILES string of the molecule is CCC(C)=C(CC)Cc1nc2ccc(-c3ncccn3)cc2[nH]1. The van der Waals surface area contributed by atoms with E-state index >= 15 is 0 Å². The summed E-state index contributed by atoms with van der Waals surface area (Å²) in [6.07, 6.45) is 6.58. The highest BCUT2D eigenvalue weighted by Crippen LogP contribution is 2.22. The van der Waals surface area contributed by atoms with Gasteiger partial charge in [0.05, 0.1) is 11.0 Å². The predicted octanol–water partition coefficient (Wildman–Crippen LogP) is 4.70. The number of nitrogens with zero attached hydrogens (tertiary/aromatic N) is 3. The van der Waals surface area contributed by atoms with Gasteiger partial charge >= 0.3 is 0 Å². The van der Waals surface area contributed by atoms with Crippen LogP contribution in [0.25, 0.3) is 22.4 Å². The zero-order valence-corrected chi connectivity index (χ0v) is 13.9. The quantitative estimate of drug-likeness (QED) is 0.695. The van der Waals surface area contributed by atoms with Crippen molar-refractivity contribution < 1.29 is 0 Å². The largest absolute Gasteiger partial charge is 0.342 e. The number of benzene rings is 1. The molecule has 1 aromatic carbocycles. The van der Waals surface area contributed by atoms with E-state index in [9.17, 15) is 0 Å². The van der Waals surface area contributed by atoms with E-state index in [0.29, 0.717) is 0 Å². The summed E-state index contributed by atoms with van der Waals surface area (Å²) in [6.45, 7) is 6.63. The molecule has 3 aromatic rings. The van der Waals surface area contributed by atoms with E-state index < -0.39 is 0 Å². The van der Waals surface area contributed by atoms with Gasteiger partial charge in [-0.2, -0.15) is 0 Å². The number of hydrogen-bond donors (Lipinski definition) is 1. The lowest BCUT2D eigenvalue weighted by molar-refractivity contribution is 0.894. The fourth-order valence-corrected chi connectivity index (χ4v) is 2.76. The fourth-order valence-electron chi connectivity index (χ4n) is 2.76. The van der Waals surface area contributed by atoms with E-state index in [-0.39, 0.29) is 0 Å². The Kier molecular flexibility index (Phi) is 4.51. The van der Waals surface area contributed by atoms with Gasteiger partial charge in [-0.15, -0.1) is 0 Å². The van der Waals surface area contributed by atoms with E-state index in [0.717, 1.165) is 47.5 Å². The molecule has 0 amide bonds. The molecule has 4 nitrogen and oxygen atoms in total. The van der Waals surface area contributed by atoms with Crippen molar-refractivity contribution in [1.82, 2.24) is 19.9 Å². The summed E-state index contributed by atoms with van der Waals surface area (Å²) in [7, 11) is 0. The third kappa shape index (κ3) is 3.31. The van der Waals surface area contributed by atoms with Gasteiger partial charge in [0, 0.05) is 24.4 Å². The number of H-pyrrole nitrogens is 1. The molecule has 2 aromatic heterocycles. The van der Waals surface area contributed by atoms with Crippen LogP contribution in [0.5, 0.6) is 0 Å². The van der Waals surface area contributed by atoms with Crippen molar-refractivity contribution >= 4 is 11.0 Å². The molecular weight excluding hydrogens is 284 g/mol. The summed E-state index contributed by atoms with van der Waals surface area (Å²) >= 11 is 0. The number of hydrogen-bond acceptors (Lipinski definition) is 3. The Morgan fingerprint density at radius 2 is 1.87 bits per heavy atom. The van der Waals surface area contributed by atoms with Gasteiger partial charge in [-0.3, -0.25) is 0 Å². The summed E-state index contributed by atoms with van der Waals surface area (Å²) in [5.74, 6) is 1.76. The fraction of sp³-hybridized carbons (Fsp3) is 0.316. The van der Waals surface area contributed by atoms with Crippen molar-refractivity contribution in [2.75, 3.05) is 0 Å². The maximum absolute atomic E-state index is 4.72. The van der Waals surface area contributed by atoms with Gasteiger partial charge in [-0.1, -0.05) is 25.0 Å². The Bertz CT molecular complexity index is 831. The van der Waals surface area contributed by atoms with E-state index in [1.807, 2.05) is 18.2 Å². The molecule has 0 fully saturated rings. The minimum Gasteiger partial charge on any atom is -0.342 e. The van der Waals surface area contributed by atoms with Gasteiger partial charge in [0.2, 0.25) is 0 Å². The molecule has 118 valence electrons. The Hall–Kier alpha value is -2.49. The van der Waals surface area contributed by atoms with E-state index in [2.05, 4.69) is 41.8 Å². The molecule has 0 bridgehead atoms. The summed E-state index contributed by atoms with van der Waals surface area (Å²) in [4.78, 5) is 16.8. The molecule has 0 unspecified atom stereocenters. The van der Waals surface area contributed by atoms with Crippen molar-refractivity contribution in [3.05, 3.63) is 53.6 Å². The molecule has 23 heavy (non-hydrogen) atoms. The molecule has 4 heteroatoms. The number of rotatable bonds is 5. The second-order valence-corrected chi connectivity index (χ2v) is 5.76. The summed E-state index contributed by atoms with van der Waals surface area (Å²) < 4.78 is 0. The average Bonchev–Trinajstić information content (AvgIpc) is 3.01. The number of aromatic amines is 1. The van der Waals surface area contributed by atoms with Crippen molar-refractivity contribution in [1.29, 1.82) is 0 Å². The Labute approximate surface area is 136 Å². The normalized spacial score (nSPS) is 12.5. The first kappa shape index (κ1) is 15.4. The number of fused-ring (bicyclic) bond motifs is 1. The number of nitrogens with one attached hydrogen (secondary N) is 1. The van der Waals surface area contributed by atoms with Gasteiger partial charge in [0.1, 0.15) is 5.82 Å². The van der Waals surface area contributed by atoms with Crippen LogP contribution in [0, 0.1) is 0 Å². The van der Waals surface area contributed by atoms with Gasteiger partial charge < -0.3 is 4.98 Å². The van der Waals surface area contributed by atoms with Crippen LogP contribution in [0.1, 0.15) is 39.4 Å². The first-order valence-electron chi connectivity index (χ1n) is 8.14. The lowest BCUT2D eigenvalue weighted by Crippen LogP contribution is -1.95. The second-order valence-electron chi connectivity index (χ2n) is 5.76. The molecule has 0 saturated heterocycles. The Morgan fingerprint density at radius 1 is 1.09 bits per heavy atom. The van der Waals surface area contributed by atoms with Crippen LogP contribution < -0.4 is 0 Å². The molecule has 0 radical (unpaired) electrons. The Balaban J connectivity index is 1.94.